The van der Waals surface area contributed by atoms with Crippen LogP contribution in [0.25, 0.3) is 0 Å². The molecular formula is C13H23N3O3S. The first-order chi connectivity index (χ1) is 9.46. The van der Waals surface area contributed by atoms with E-state index in [-0.39, 0.29) is 12.2 Å². The molecule has 6 nitrogen and oxygen atoms in total. The molecule has 0 unspecified atom stereocenters. The van der Waals surface area contributed by atoms with E-state index in [1.54, 1.807) is 17.5 Å². The lowest BCUT2D eigenvalue weighted by Crippen LogP contribution is -2.43. The molecule has 0 radical (unpaired) electrons. The third-order valence-electron chi connectivity index (χ3n) is 2.49. The molecule has 114 valence electrons. The predicted octanol–water partition coefficient (Wildman–Crippen LogP) is 1.00. The van der Waals surface area contributed by atoms with Crippen LogP contribution in [0.15, 0.2) is 6.20 Å². The van der Waals surface area contributed by atoms with E-state index in [0.29, 0.717) is 6.47 Å². The Kier molecular flexibility index (Phi) is 6.90. The largest absolute Gasteiger partial charge is 0.462 e. The van der Waals surface area contributed by atoms with Gasteiger partial charge < -0.3 is 20.1 Å². The van der Waals surface area contributed by atoms with Crippen molar-refractivity contribution in [3.05, 3.63) is 11.1 Å². The minimum absolute atomic E-state index is 0.101. The minimum Gasteiger partial charge on any atom is -0.462 e. The predicted molar refractivity (Wildman–Crippen MR) is 80.0 cm³/mol. The van der Waals surface area contributed by atoms with Crippen molar-refractivity contribution >= 4 is 22.9 Å². The molecule has 0 amide bonds. The maximum Gasteiger partial charge on any atom is 0.293 e. The van der Waals surface area contributed by atoms with Gasteiger partial charge in [-0.25, -0.2) is 4.98 Å². The Labute approximate surface area is 123 Å². The average molecular weight is 301 g/mol. The molecule has 20 heavy (non-hydrogen) atoms. The molecule has 1 aliphatic rings. The molecule has 2 rings (SSSR count). The number of nitrogens with zero attached hydrogens (tertiary/aromatic N) is 2. The fourth-order valence-corrected chi connectivity index (χ4v) is 2.34. The van der Waals surface area contributed by atoms with E-state index in [1.165, 1.54) is 0 Å². The Bertz CT molecular complexity index is 398. The zero-order chi connectivity index (χ0) is 15.0. The quantitative estimate of drug-likeness (QED) is 0.812. The van der Waals surface area contributed by atoms with Crippen molar-refractivity contribution in [1.82, 2.24) is 10.3 Å². The van der Waals surface area contributed by atoms with Crippen molar-refractivity contribution < 1.29 is 14.6 Å². The van der Waals surface area contributed by atoms with Crippen LogP contribution in [0.5, 0.6) is 0 Å². The third kappa shape index (κ3) is 6.31. The summed E-state index contributed by atoms with van der Waals surface area (Å²) in [6.07, 6.45) is 1.75. The topological polar surface area (TPSA) is 74.7 Å². The number of aromatic nitrogens is 1. The number of ether oxygens (including phenoxy) is 1. The zero-order valence-corrected chi connectivity index (χ0v) is 13.1. The molecule has 0 atom stereocenters. The molecule has 1 aromatic heterocycles. The molecule has 7 heteroatoms. The number of carbonyl (C=O) groups is 1. The lowest BCUT2D eigenvalue weighted by molar-refractivity contribution is -0.138. The summed E-state index contributed by atoms with van der Waals surface area (Å²) in [4.78, 5) is 17.1. The van der Waals surface area contributed by atoms with Crippen molar-refractivity contribution in [3.8, 4) is 0 Å². The average Bonchev–Trinajstić information content (AvgIpc) is 2.88. The molecule has 0 bridgehead atoms. The molecular weight excluding hydrogens is 278 g/mol. The molecule has 1 fully saturated rings. The standard InChI is InChI=1S/C8H13N3OS.C5H10O2/c12-6-7-5-10-8(13-7)11-3-1-9-2-4-11;1-5(2,3)7-4-6/h5,9,12H,1-4,6H2;4H,1-3H3. The molecule has 0 spiro atoms. The highest BCUT2D eigenvalue weighted by Crippen LogP contribution is 2.22. The van der Waals surface area contributed by atoms with Gasteiger partial charge in [-0.2, -0.15) is 0 Å². The molecule has 1 aliphatic heterocycles. The van der Waals surface area contributed by atoms with Gasteiger partial charge in [-0.1, -0.05) is 11.3 Å². The monoisotopic (exact) mass is 301 g/mol. The fraction of sp³-hybridized carbons (Fsp3) is 0.692. The Morgan fingerprint density at radius 1 is 1.50 bits per heavy atom. The smallest absolute Gasteiger partial charge is 0.293 e. The van der Waals surface area contributed by atoms with Crippen LogP contribution in [0, 0.1) is 0 Å². The van der Waals surface area contributed by atoms with Gasteiger partial charge in [0.2, 0.25) is 0 Å². The van der Waals surface area contributed by atoms with E-state index in [0.717, 1.165) is 36.2 Å². The van der Waals surface area contributed by atoms with Crippen LogP contribution >= 0.6 is 11.3 Å². The van der Waals surface area contributed by atoms with Crippen molar-refractivity contribution in [1.29, 1.82) is 0 Å². The molecule has 1 aromatic rings. The first kappa shape index (κ1) is 16.9. The van der Waals surface area contributed by atoms with Gasteiger partial charge in [0.1, 0.15) is 5.60 Å². The molecule has 0 aliphatic carbocycles. The Morgan fingerprint density at radius 2 is 2.15 bits per heavy atom. The van der Waals surface area contributed by atoms with Crippen molar-refractivity contribution in [3.63, 3.8) is 0 Å². The molecule has 1 saturated heterocycles. The van der Waals surface area contributed by atoms with Crippen LogP contribution in [0.1, 0.15) is 25.6 Å². The molecule has 0 saturated carbocycles. The van der Waals surface area contributed by atoms with Gasteiger partial charge >= 0.3 is 0 Å². The van der Waals surface area contributed by atoms with Gasteiger partial charge in [-0.05, 0) is 20.8 Å². The van der Waals surface area contributed by atoms with Gasteiger partial charge in [0.05, 0.1) is 11.5 Å². The highest BCUT2D eigenvalue weighted by Gasteiger charge is 2.13. The number of thiazole rings is 1. The van der Waals surface area contributed by atoms with Gasteiger partial charge in [-0.3, -0.25) is 4.79 Å². The first-order valence-electron chi connectivity index (χ1n) is 6.59. The van der Waals surface area contributed by atoms with E-state index < -0.39 is 0 Å². The van der Waals surface area contributed by atoms with Gasteiger partial charge in [0.15, 0.2) is 5.13 Å². The second-order valence-electron chi connectivity index (χ2n) is 5.33. The summed E-state index contributed by atoms with van der Waals surface area (Å²) in [7, 11) is 0. The Balaban J connectivity index is 0.000000246. The second-order valence-corrected chi connectivity index (χ2v) is 6.42. The summed E-state index contributed by atoms with van der Waals surface area (Å²) in [5.41, 5.74) is -0.318. The van der Waals surface area contributed by atoms with E-state index >= 15 is 0 Å². The van der Waals surface area contributed by atoms with Gasteiger partial charge in [-0.15, -0.1) is 0 Å². The number of anilines is 1. The van der Waals surface area contributed by atoms with Crippen LogP contribution in [0.3, 0.4) is 0 Å². The fourth-order valence-electron chi connectivity index (χ4n) is 1.52. The number of rotatable bonds is 3. The SMILES string of the molecule is CC(C)(C)OC=O.OCc1cnc(N2CCNCC2)s1. The van der Waals surface area contributed by atoms with E-state index in [1.807, 2.05) is 20.8 Å². The van der Waals surface area contributed by atoms with E-state index in [2.05, 4.69) is 19.9 Å². The maximum atomic E-state index is 9.60. The molecule has 0 aromatic carbocycles. The number of carbonyl (C=O) groups excluding carboxylic acids is 1. The van der Waals surface area contributed by atoms with Crippen LogP contribution < -0.4 is 10.2 Å². The van der Waals surface area contributed by atoms with Crippen LogP contribution in [-0.4, -0.2) is 48.3 Å². The zero-order valence-electron chi connectivity index (χ0n) is 12.3. The number of aliphatic hydroxyl groups excluding tert-OH is 1. The minimum atomic E-state index is -0.318. The molecule has 2 heterocycles. The van der Waals surface area contributed by atoms with Gasteiger partial charge in [0, 0.05) is 32.4 Å². The lowest BCUT2D eigenvalue weighted by atomic mass is 10.2. The maximum absolute atomic E-state index is 9.60. The summed E-state index contributed by atoms with van der Waals surface area (Å²) in [5.74, 6) is 0. The summed E-state index contributed by atoms with van der Waals surface area (Å²) >= 11 is 1.58. The van der Waals surface area contributed by atoms with Crippen molar-refractivity contribution in [2.24, 2.45) is 0 Å². The van der Waals surface area contributed by atoms with Gasteiger partial charge in [0.25, 0.3) is 6.47 Å². The van der Waals surface area contributed by atoms with Crippen molar-refractivity contribution in [2.75, 3.05) is 31.1 Å². The van der Waals surface area contributed by atoms with Crippen LogP contribution in [0.2, 0.25) is 0 Å². The Morgan fingerprint density at radius 3 is 2.55 bits per heavy atom. The summed E-state index contributed by atoms with van der Waals surface area (Å²) in [6.45, 7) is 10.1. The molecule has 2 N–H and O–H groups in total. The van der Waals surface area contributed by atoms with E-state index in [9.17, 15) is 4.79 Å². The highest BCUT2D eigenvalue weighted by atomic mass is 32.1. The Hall–Kier alpha value is -1.18. The number of piperazine rings is 1. The summed E-state index contributed by atoms with van der Waals surface area (Å²) in [6, 6.07) is 0. The summed E-state index contributed by atoms with van der Waals surface area (Å²) < 4.78 is 4.55. The first-order valence-corrected chi connectivity index (χ1v) is 7.40. The van der Waals surface area contributed by atoms with Crippen LogP contribution in [0.4, 0.5) is 5.13 Å². The highest BCUT2D eigenvalue weighted by molar-refractivity contribution is 7.15. The number of hydrogen-bond donors (Lipinski definition) is 2. The second kappa shape index (κ2) is 8.18. The number of nitrogens with one attached hydrogen (secondary N) is 1. The number of hydrogen-bond acceptors (Lipinski definition) is 7. The lowest BCUT2D eigenvalue weighted by Gasteiger charge is -2.26. The van der Waals surface area contributed by atoms with E-state index in [4.69, 9.17) is 5.11 Å². The summed E-state index contributed by atoms with van der Waals surface area (Å²) in [5, 5.41) is 13.2. The third-order valence-corrected chi connectivity index (χ3v) is 3.53. The van der Waals surface area contributed by atoms with Crippen LogP contribution in [-0.2, 0) is 16.1 Å². The van der Waals surface area contributed by atoms with Crippen molar-refractivity contribution in [2.45, 2.75) is 33.0 Å². The normalized spacial score (nSPS) is 15.3. The number of aliphatic hydroxyl groups is 1.